The molecular weight excluding hydrogens is 479 g/mol. The molecule has 2 aromatic rings. The van der Waals surface area contributed by atoms with Gasteiger partial charge in [0.2, 0.25) is 5.88 Å². The minimum atomic E-state index is 0. The standard InChI is InChI=1S/C21H32N6O.HI/c1-5-22-21(25-14-19-15(2)26-27(4)16(19)3)24-13-17-10-11-23-20(12-17)28-18-8-6-7-9-18;/h10-12,18H,5-9,13-14H2,1-4H3,(H2,22,24,25);1H. The molecule has 3 rings (SSSR count). The Labute approximate surface area is 190 Å². The third-order valence-corrected chi connectivity index (χ3v) is 5.24. The molecule has 0 spiro atoms. The molecule has 0 radical (unpaired) electrons. The summed E-state index contributed by atoms with van der Waals surface area (Å²) < 4.78 is 7.92. The maximum absolute atomic E-state index is 6.00. The Hall–Kier alpha value is -1.84. The molecule has 0 amide bonds. The number of nitrogens with one attached hydrogen (secondary N) is 2. The molecular formula is C21H33IN6O. The molecule has 0 unspecified atom stereocenters. The number of aromatic nitrogens is 3. The van der Waals surface area contributed by atoms with Crippen molar-refractivity contribution in [2.24, 2.45) is 12.0 Å². The van der Waals surface area contributed by atoms with Crippen LogP contribution in [-0.2, 0) is 20.1 Å². The number of hydrogen-bond acceptors (Lipinski definition) is 4. The molecule has 160 valence electrons. The van der Waals surface area contributed by atoms with Crippen molar-refractivity contribution in [1.29, 1.82) is 0 Å². The second kappa shape index (κ2) is 11.4. The molecule has 1 saturated carbocycles. The molecule has 0 aliphatic heterocycles. The minimum Gasteiger partial charge on any atom is -0.474 e. The predicted molar refractivity (Wildman–Crippen MR) is 127 cm³/mol. The second-order valence-corrected chi connectivity index (χ2v) is 7.35. The van der Waals surface area contributed by atoms with E-state index in [0.29, 0.717) is 25.1 Å². The third kappa shape index (κ3) is 6.58. The van der Waals surface area contributed by atoms with Crippen molar-refractivity contribution in [2.45, 2.75) is 65.6 Å². The van der Waals surface area contributed by atoms with Gasteiger partial charge in [-0.3, -0.25) is 4.68 Å². The van der Waals surface area contributed by atoms with E-state index in [1.807, 2.05) is 30.8 Å². The largest absolute Gasteiger partial charge is 0.474 e. The predicted octanol–water partition coefficient (Wildman–Crippen LogP) is 3.63. The fourth-order valence-electron chi connectivity index (χ4n) is 3.55. The summed E-state index contributed by atoms with van der Waals surface area (Å²) in [6, 6.07) is 3.99. The summed E-state index contributed by atoms with van der Waals surface area (Å²) in [5, 5.41) is 11.2. The Morgan fingerprint density at radius 2 is 2.03 bits per heavy atom. The fraction of sp³-hybridized carbons (Fsp3) is 0.571. The third-order valence-electron chi connectivity index (χ3n) is 5.24. The average molecular weight is 512 g/mol. The van der Waals surface area contributed by atoms with Crippen LogP contribution in [0.4, 0.5) is 0 Å². The van der Waals surface area contributed by atoms with Crippen molar-refractivity contribution in [3.05, 3.63) is 40.8 Å². The van der Waals surface area contributed by atoms with E-state index in [2.05, 4.69) is 34.6 Å². The maximum Gasteiger partial charge on any atom is 0.213 e. The highest BCUT2D eigenvalue weighted by atomic mass is 127. The summed E-state index contributed by atoms with van der Waals surface area (Å²) >= 11 is 0. The highest BCUT2D eigenvalue weighted by Gasteiger charge is 2.17. The van der Waals surface area contributed by atoms with Gasteiger partial charge in [0.25, 0.3) is 0 Å². The Bertz CT molecular complexity index is 813. The van der Waals surface area contributed by atoms with Gasteiger partial charge in [-0.25, -0.2) is 9.98 Å². The van der Waals surface area contributed by atoms with Gasteiger partial charge >= 0.3 is 0 Å². The van der Waals surface area contributed by atoms with E-state index < -0.39 is 0 Å². The van der Waals surface area contributed by atoms with Crippen molar-refractivity contribution >= 4 is 29.9 Å². The van der Waals surface area contributed by atoms with Gasteiger partial charge in [-0.1, -0.05) is 0 Å². The molecule has 1 fully saturated rings. The van der Waals surface area contributed by atoms with Gasteiger partial charge in [0.05, 0.1) is 12.2 Å². The number of pyridine rings is 1. The van der Waals surface area contributed by atoms with E-state index in [4.69, 9.17) is 9.73 Å². The summed E-state index contributed by atoms with van der Waals surface area (Å²) in [5.74, 6) is 1.50. The summed E-state index contributed by atoms with van der Waals surface area (Å²) in [6.07, 6.45) is 6.89. The van der Waals surface area contributed by atoms with Crippen LogP contribution in [0.2, 0.25) is 0 Å². The van der Waals surface area contributed by atoms with Crippen LogP contribution in [-0.4, -0.2) is 33.4 Å². The quantitative estimate of drug-likeness (QED) is 0.337. The van der Waals surface area contributed by atoms with Crippen LogP contribution in [0.15, 0.2) is 23.3 Å². The Morgan fingerprint density at radius 3 is 2.69 bits per heavy atom. The van der Waals surface area contributed by atoms with E-state index in [1.54, 1.807) is 6.20 Å². The monoisotopic (exact) mass is 512 g/mol. The van der Waals surface area contributed by atoms with Crippen molar-refractivity contribution in [3.63, 3.8) is 0 Å². The molecule has 8 heteroatoms. The summed E-state index contributed by atoms with van der Waals surface area (Å²) in [6.45, 7) is 8.27. The minimum absolute atomic E-state index is 0. The molecule has 7 nitrogen and oxygen atoms in total. The van der Waals surface area contributed by atoms with Gasteiger partial charge in [0.1, 0.15) is 6.10 Å². The molecule has 2 aromatic heterocycles. The number of halogens is 1. The molecule has 2 heterocycles. The normalized spacial score (nSPS) is 14.6. The molecule has 29 heavy (non-hydrogen) atoms. The summed E-state index contributed by atoms with van der Waals surface area (Å²) in [4.78, 5) is 9.07. The number of ether oxygens (including phenoxy) is 1. The van der Waals surface area contributed by atoms with E-state index in [9.17, 15) is 0 Å². The maximum atomic E-state index is 6.00. The molecule has 1 aliphatic rings. The van der Waals surface area contributed by atoms with Crippen LogP contribution in [0.3, 0.4) is 0 Å². The molecule has 0 bridgehead atoms. The SMILES string of the molecule is CCNC(=NCc1ccnc(OC2CCCC2)c1)NCc1c(C)nn(C)c1C.I. The van der Waals surface area contributed by atoms with Crippen LogP contribution in [0.1, 0.15) is 55.1 Å². The zero-order valence-corrected chi connectivity index (χ0v) is 20.2. The molecule has 0 atom stereocenters. The average Bonchev–Trinajstić information content (AvgIpc) is 3.27. The van der Waals surface area contributed by atoms with Crippen molar-refractivity contribution < 1.29 is 4.74 Å². The number of aryl methyl sites for hydroxylation is 2. The number of guanidine groups is 1. The van der Waals surface area contributed by atoms with E-state index in [-0.39, 0.29) is 24.0 Å². The highest BCUT2D eigenvalue weighted by molar-refractivity contribution is 14.0. The first-order chi connectivity index (χ1) is 13.6. The topological polar surface area (TPSA) is 76.4 Å². The highest BCUT2D eigenvalue weighted by Crippen LogP contribution is 2.23. The first kappa shape index (κ1) is 23.4. The van der Waals surface area contributed by atoms with Gasteiger partial charge < -0.3 is 15.4 Å². The first-order valence-electron chi connectivity index (χ1n) is 10.2. The smallest absolute Gasteiger partial charge is 0.213 e. The van der Waals surface area contributed by atoms with Gasteiger partial charge in [0.15, 0.2) is 5.96 Å². The first-order valence-corrected chi connectivity index (χ1v) is 10.2. The fourth-order valence-corrected chi connectivity index (χ4v) is 3.55. The molecule has 0 aromatic carbocycles. The zero-order chi connectivity index (χ0) is 19.9. The lowest BCUT2D eigenvalue weighted by Gasteiger charge is -2.13. The molecule has 2 N–H and O–H groups in total. The summed E-state index contributed by atoms with van der Waals surface area (Å²) in [7, 11) is 1.97. The van der Waals surface area contributed by atoms with Crippen LogP contribution in [0.25, 0.3) is 0 Å². The van der Waals surface area contributed by atoms with Gasteiger partial charge in [0, 0.05) is 43.7 Å². The molecule has 1 aliphatic carbocycles. The second-order valence-electron chi connectivity index (χ2n) is 7.35. The van der Waals surface area contributed by atoms with E-state index >= 15 is 0 Å². The van der Waals surface area contributed by atoms with Crippen LogP contribution < -0.4 is 15.4 Å². The van der Waals surface area contributed by atoms with E-state index in [0.717, 1.165) is 36.6 Å². The van der Waals surface area contributed by atoms with Gasteiger partial charge in [-0.15, -0.1) is 24.0 Å². The number of aliphatic imine (C=N–C) groups is 1. The van der Waals surface area contributed by atoms with Crippen molar-refractivity contribution in [2.75, 3.05) is 6.54 Å². The lowest BCUT2D eigenvalue weighted by molar-refractivity contribution is 0.201. The van der Waals surface area contributed by atoms with Crippen LogP contribution in [0.5, 0.6) is 5.88 Å². The van der Waals surface area contributed by atoms with Crippen LogP contribution in [0, 0.1) is 13.8 Å². The Morgan fingerprint density at radius 1 is 1.28 bits per heavy atom. The number of nitrogens with zero attached hydrogens (tertiary/aromatic N) is 4. The number of hydrogen-bond donors (Lipinski definition) is 2. The lowest BCUT2D eigenvalue weighted by atomic mass is 10.2. The van der Waals surface area contributed by atoms with Crippen LogP contribution >= 0.6 is 24.0 Å². The van der Waals surface area contributed by atoms with E-state index in [1.165, 1.54) is 24.1 Å². The Kier molecular flexibility index (Phi) is 9.19. The lowest BCUT2D eigenvalue weighted by Crippen LogP contribution is -2.37. The summed E-state index contributed by atoms with van der Waals surface area (Å²) in [5.41, 5.74) is 4.52. The van der Waals surface area contributed by atoms with Gasteiger partial charge in [-0.05, 0) is 58.1 Å². The van der Waals surface area contributed by atoms with Crippen molar-refractivity contribution in [3.8, 4) is 5.88 Å². The Balaban J connectivity index is 0.00000300. The number of rotatable bonds is 7. The zero-order valence-electron chi connectivity index (χ0n) is 17.9. The van der Waals surface area contributed by atoms with Crippen molar-refractivity contribution in [1.82, 2.24) is 25.4 Å². The molecule has 0 saturated heterocycles. The van der Waals surface area contributed by atoms with Gasteiger partial charge in [-0.2, -0.15) is 5.10 Å².